The van der Waals surface area contributed by atoms with Gasteiger partial charge < -0.3 is 0 Å². The third kappa shape index (κ3) is 15.9. The average molecular weight is 275 g/mol. The maximum atomic E-state index is 2.23. The summed E-state index contributed by atoms with van der Waals surface area (Å²) in [5, 5.41) is 0. The molecule has 0 heterocycles. The van der Waals surface area contributed by atoms with Gasteiger partial charge in [0.2, 0.25) is 0 Å². The van der Waals surface area contributed by atoms with E-state index in [-0.39, 0.29) is 14.9 Å². The number of rotatable bonds is 4. The lowest BCUT2D eigenvalue weighted by Crippen LogP contribution is -1.87. The van der Waals surface area contributed by atoms with Crippen LogP contribution in [0, 0.1) is 5.92 Å². The number of thioether (sulfide) groups is 2. The van der Waals surface area contributed by atoms with E-state index in [0.717, 1.165) is 11.7 Å². The third-order valence-corrected chi connectivity index (χ3v) is 3.28. The highest BCUT2D eigenvalue weighted by molar-refractivity contribution is 7.98. The summed E-state index contributed by atoms with van der Waals surface area (Å²) in [5.41, 5.74) is 1.41. The summed E-state index contributed by atoms with van der Waals surface area (Å²) >= 11 is 3.76. The molecule has 0 bridgehead atoms. The molecule has 0 aliphatic heterocycles. The Labute approximate surface area is 118 Å². The van der Waals surface area contributed by atoms with Crippen molar-refractivity contribution in [3.63, 3.8) is 0 Å². The van der Waals surface area contributed by atoms with Crippen LogP contribution >= 0.6 is 23.5 Å². The molecule has 0 aliphatic rings. The molecule has 0 atom stereocenters. The minimum Gasteiger partial charge on any atom is -0.165 e. The van der Waals surface area contributed by atoms with Gasteiger partial charge in [-0.2, -0.15) is 23.5 Å². The van der Waals surface area contributed by atoms with Gasteiger partial charge in [-0.15, -0.1) is 0 Å². The second-order valence-corrected chi connectivity index (χ2v) is 5.54. The van der Waals surface area contributed by atoms with E-state index >= 15 is 0 Å². The fraction of sp³-hybridized carbons (Fsp3) is 0.600. The topological polar surface area (TPSA) is 0 Å². The molecule has 1 aromatic rings. The summed E-state index contributed by atoms with van der Waals surface area (Å²) in [6, 6.07) is 10.5. The summed E-state index contributed by atoms with van der Waals surface area (Å²) < 4.78 is 0. The minimum absolute atomic E-state index is 0. The molecular formula is C15H30S2. The Morgan fingerprint density at radius 2 is 1.47 bits per heavy atom. The van der Waals surface area contributed by atoms with Crippen molar-refractivity contribution in [1.82, 2.24) is 0 Å². The number of hydrogen-bond acceptors (Lipinski definition) is 2. The zero-order valence-electron chi connectivity index (χ0n) is 10.2. The molecule has 1 aromatic carbocycles. The van der Waals surface area contributed by atoms with Crippen LogP contribution in [-0.2, 0) is 5.75 Å². The molecular weight excluding hydrogens is 244 g/mol. The van der Waals surface area contributed by atoms with Gasteiger partial charge in [0.15, 0.2) is 0 Å². The molecule has 17 heavy (non-hydrogen) atoms. The van der Waals surface area contributed by atoms with Gasteiger partial charge in [-0.25, -0.2) is 0 Å². The first-order valence-corrected chi connectivity index (χ1v) is 8.01. The van der Waals surface area contributed by atoms with E-state index < -0.39 is 0 Å². The normalized spacial score (nSPS) is 8.53. The maximum absolute atomic E-state index is 2.23. The fourth-order valence-electron chi connectivity index (χ4n) is 1.07. The molecule has 0 radical (unpaired) electrons. The van der Waals surface area contributed by atoms with Crippen molar-refractivity contribution in [2.24, 2.45) is 5.92 Å². The van der Waals surface area contributed by atoms with Gasteiger partial charge in [-0.3, -0.25) is 0 Å². The van der Waals surface area contributed by atoms with Crippen molar-refractivity contribution in [2.75, 3.05) is 18.3 Å². The van der Waals surface area contributed by atoms with Crippen LogP contribution in [-0.4, -0.2) is 18.3 Å². The second kappa shape index (κ2) is 15.9. The van der Waals surface area contributed by atoms with Crippen LogP contribution in [0.2, 0.25) is 0 Å². The first kappa shape index (κ1) is 22.1. The van der Waals surface area contributed by atoms with Gasteiger partial charge in [0.05, 0.1) is 0 Å². The quantitative estimate of drug-likeness (QED) is 0.678. The van der Waals surface area contributed by atoms with E-state index in [9.17, 15) is 0 Å². The summed E-state index contributed by atoms with van der Waals surface area (Å²) in [5.74, 6) is 3.28. The minimum atomic E-state index is 0. The van der Waals surface area contributed by atoms with Crippen LogP contribution in [0.3, 0.4) is 0 Å². The highest BCUT2D eigenvalue weighted by Crippen LogP contribution is 2.06. The fourth-order valence-corrected chi connectivity index (χ4v) is 2.27. The molecule has 102 valence electrons. The Hall–Kier alpha value is -0.0800. The number of hydrogen-bond donors (Lipinski definition) is 0. The lowest BCUT2D eigenvalue weighted by molar-refractivity contribution is 0.751. The van der Waals surface area contributed by atoms with E-state index in [2.05, 4.69) is 50.6 Å². The molecule has 0 spiro atoms. The third-order valence-electron chi connectivity index (χ3n) is 1.65. The Balaban J connectivity index is -0.000000221. The van der Waals surface area contributed by atoms with Gasteiger partial charge in [-0.1, -0.05) is 59.0 Å². The molecule has 0 N–H and O–H groups in total. The van der Waals surface area contributed by atoms with Crippen LogP contribution in [0.4, 0.5) is 0 Å². The van der Waals surface area contributed by atoms with Gasteiger partial charge in [-0.05, 0) is 29.7 Å². The van der Waals surface area contributed by atoms with Crippen LogP contribution in [0.25, 0.3) is 0 Å². The summed E-state index contributed by atoms with van der Waals surface area (Å²) in [4.78, 5) is 0. The Morgan fingerprint density at radius 1 is 0.941 bits per heavy atom. The summed E-state index contributed by atoms with van der Waals surface area (Å²) in [6.07, 6.45) is 4.26. The molecule has 2 heteroatoms. The maximum Gasteiger partial charge on any atom is 0.0181 e. The van der Waals surface area contributed by atoms with Gasteiger partial charge >= 0.3 is 0 Å². The Bertz CT molecular complexity index is 220. The first-order chi connectivity index (χ1) is 7.20. The van der Waals surface area contributed by atoms with Crippen LogP contribution in [0.1, 0.15) is 34.3 Å². The summed E-state index contributed by atoms with van der Waals surface area (Å²) in [6.45, 7) is 4.47. The van der Waals surface area contributed by atoms with E-state index in [0.29, 0.717) is 0 Å². The molecule has 0 saturated carbocycles. The van der Waals surface area contributed by atoms with Crippen molar-refractivity contribution in [1.29, 1.82) is 0 Å². The van der Waals surface area contributed by atoms with Crippen LogP contribution < -0.4 is 0 Å². The van der Waals surface area contributed by atoms with Crippen molar-refractivity contribution < 1.29 is 0 Å². The zero-order valence-corrected chi connectivity index (χ0v) is 11.8. The molecule has 1 rings (SSSR count). The molecule has 0 aliphatic carbocycles. The Kier molecular flexibility index (Phi) is 20.7. The second-order valence-electron chi connectivity index (χ2n) is 3.77. The SMILES string of the molecule is C.C.CSCC(C)C.CSCc1ccccc1. The van der Waals surface area contributed by atoms with Gasteiger partial charge in [0.1, 0.15) is 0 Å². The largest absolute Gasteiger partial charge is 0.165 e. The monoisotopic (exact) mass is 274 g/mol. The van der Waals surface area contributed by atoms with Crippen molar-refractivity contribution in [3.05, 3.63) is 35.9 Å². The van der Waals surface area contributed by atoms with Crippen molar-refractivity contribution >= 4 is 23.5 Å². The van der Waals surface area contributed by atoms with E-state index in [4.69, 9.17) is 0 Å². The average Bonchev–Trinajstić information content (AvgIpc) is 2.20. The smallest absolute Gasteiger partial charge is 0.0181 e. The highest BCUT2D eigenvalue weighted by atomic mass is 32.2. The lowest BCUT2D eigenvalue weighted by atomic mass is 10.2. The molecule has 0 saturated heterocycles. The van der Waals surface area contributed by atoms with Crippen LogP contribution in [0.15, 0.2) is 30.3 Å². The molecule has 0 nitrogen and oxygen atoms in total. The molecule has 0 amide bonds. The number of benzene rings is 1. The molecule has 0 unspecified atom stereocenters. The van der Waals surface area contributed by atoms with E-state index in [1.807, 2.05) is 29.6 Å². The van der Waals surface area contributed by atoms with E-state index in [1.165, 1.54) is 11.3 Å². The Morgan fingerprint density at radius 3 is 1.76 bits per heavy atom. The molecule has 0 aromatic heterocycles. The predicted octanol–water partition coefficient (Wildman–Crippen LogP) is 5.83. The van der Waals surface area contributed by atoms with Crippen LogP contribution in [0.5, 0.6) is 0 Å². The van der Waals surface area contributed by atoms with Gasteiger partial charge in [0.25, 0.3) is 0 Å². The zero-order chi connectivity index (χ0) is 11.5. The summed E-state index contributed by atoms with van der Waals surface area (Å²) in [7, 11) is 0. The lowest BCUT2D eigenvalue weighted by Gasteiger charge is -1.95. The highest BCUT2D eigenvalue weighted by Gasteiger charge is 1.86. The van der Waals surface area contributed by atoms with E-state index in [1.54, 1.807) is 0 Å². The predicted molar refractivity (Wildman–Crippen MR) is 90.3 cm³/mol. The standard InChI is InChI=1S/C8H10S.C5H12S.2CH4/c1-9-7-8-5-3-2-4-6-8;1-5(2)4-6-3;;/h2-6H,7H2,1H3;5H,4H2,1-3H3;2*1H4. The first-order valence-electron chi connectivity index (χ1n) is 5.22. The van der Waals surface area contributed by atoms with Crippen molar-refractivity contribution in [2.45, 2.75) is 34.5 Å². The van der Waals surface area contributed by atoms with Crippen molar-refractivity contribution in [3.8, 4) is 0 Å². The molecule has 0 fully saturated rings. The van der Waals surface area contributed by atoms with Gasteiger partial charge in [0, 0.05) is 5.75 Å².